The second-order valence-corrected chi connectivity index (χ2v) is 5.92. The zero-order valence-corrected chi connectivity index (χ0v) is 12.9. The summed E-state index contributed by atoms with van der Waals surface area (Å²) in [7, 11) is 1.82. The third-order valence-electron chi connectivity index (χ3n) is 3.94. The lowest BCUT2D eigenvalue weighted by Crippen LogP contribution is -2.49. The predicted octanol–water partition coefficient (Wildman–Crippen LogP) is 2.36. The molecular weight excluding hydrogens is 252 g/mol. The normalized spacial score (nSPS) is 20.9. The van der Waals surface area contributed by atoms with E-state index in [0.717, 1.165) is 11.3 Å². The van der Waals surface area contributed by atoms with Crippen LogP contribution in [0.1, 0.15) is 39.3 Å². The Labute approximate surface area is 121 Å². The molecule has 0 spiro atoms. The molecule has 4 heteroatoms. The summed E-state index contributed by atoms with van der Waals surface area (Å²) >= 11 is 0. The van der Waals surface area contributed by atoms with E-state index in [9.17, 15) is 4.79 Å². The van der Waals surface area contributed by atoms with Gasteiger partial charge in [0.15, 0.2) is 0 Å². The molecular formula is C16H24N2O2. The van der Waals surface area contributed by atoms with Crippen molar-refractivity contribution in [3.05, 3.63) is 29.8 Å². The van der Waals surface area contributed by atoms with Crippen LogP contribution in [-0.4, -0.2) is 36.0 Å². The second-order valence-electron chi connectivity index (χ2n) is 5.92. The Balaban J connectivity index is 2.18. The van der Waals surface area contributed by atoms with Crippen LogP contribution in [0.3, 0.4) is 0 Å². The average Bonchev–Trinajstić information content (AvgIpc) is 2.67. The number of nitrogens with one attached hydrogen (secondary N) is 1. The van der Waals surface area contributed by atoms with E-state index in [1.54, 1.807) is 4.90 Å². The van der Waals surface area contributed by atoms with E-state index in [2.05, 4.69) is 11.4 Å². The zero-order chi connectivity index (χ0) is 14.9. The van der Waals surface area contributed by atoms with E-state index in [-0.39, 0.29) is 23.6 Å². The number of carbonyl (C=O) groups excluding carboxylic acids is 1. The monoisotopic (exact) mass is 276 g/mol. The maximum Gasteiger partial charge on any atom is 0.239 e. The van der Waals surface area contributed by atoms with Gasteiger partial charge in [0.25, 0.3) is 0 Å². The van der Waals surface area contributed by atoms with Crippen molar-refractivity contribution in [3.8, 4) is 5.75 Å². The molecule has 1 aliphatic heterocycles. The molecule has 20 heavy (non-hydrogen) atoms. The SMILES string of the molecule is CCN(C)C(=O)C(C)NC1c2ccccc2OC1(C)C. The first-order valence-electron chi connectivity index (χ1n) is 7.15. The number of rotatable bonds is 4. The molecule has 0 radical (unpaired) electrons. The molecule has 1 N–H and O–H groups in total. The van der Waals surface area contributed by atoms with Crippen LogP contribution < -0.4 is 10.1 Å². The quantitative estimate of drug-likeness (QED) is 0.918. The minimum Gasteiger partial charge on any atom is -0.486 e. The average molecular weight is 276 g/mol. The summed E-state index contributed by atoms with van der Waals surface area (Å²) in [6, 6.07) is 7.79. The maximum atomic E-state index is 12.2. The number of para-hydroxylation sites is 1. The summed E-state index contributed by atoms with van der Waals surface area (Å²) in [6.07, 6.45) is 0. The fourth-order valence-electron chi connectivity index (χ4n) is 2.63. The van der Waals surface area contributed by atoms with E-state index in [1.807, 2.05) is 52.9 Å². The van der Waals surface area contributed by atoms with Crippen molar-refractivity contribution in [1.29, 1.82) is 0 Å². The second kappa shape index (κ2) is 5.44. The lowest BCUT2D eigenvalue weighted by molar-refractivity contribution is -0.132. The molecule has 2 atom stereocenters. The van der Waals surface area contributed by atoms with Gasteiger partial charge in [-0.2, -0.15) is 0 Å². The van der Waals surface area contributed by atoms with Gasteiger partial charge in [-0.1, -0.05) is 18.2 Å². The minimum absolute atomic E-state index is 0.0166. The Morgan fingerprint density at radius 3 is 2.75 bits per heavy atom. The van der Waals surface area contributed by atoms with Crippen molar-refractivity contribution >= 4 is 5.91 Å². The van der Waals surface area contributed by atoms with E-state index >= 15 is 0 Å². The molecule has 1 amide bonds. The number of fused-ring (bicyclic) bond motifs is 1. The van der Waals surface area contributed by atoms with Crippen LogP contribution in [-0.2, 0) is 4.79 Å². The van der Waals surface area contributed by atoms with Crippen LogP contribution in [0.25, 0.3) is 0 Å². The van der Waals surface area contributed by atoms with E-state index in [0.29, 0.717) is 6.54 Å². The van der Waals surface area contributed by atoms with Gasteiger partial charge in [0.05, 0.1) is 12.1 Å². The van der Waals surface area contributed by atoms with Crippen LogP contribution in [0, 0.1) is 0 Å². The van der Waals surface area contributed by atoms with Gasteiger partial charge in [-0.05, 0) is 33.8 Å². The zero-order valence-electron chi connectivity index (χ0n) is 12.9. The van der Waals surface area contributed by atoms with Crippen molar-refractivity contribution < 1.29 is 9.53 Å². The Hall–Kier alpha value is -1.55. The molecule has 1 aliphatic rings. The summed E-state index contributed by atoms with van der Waals surface area (Å²) in [6.45, 7) is 8.69. The molecule has 0 saturated heterocycles. The summed E-state index contributed by atoms with van der Waals surface area (Å²) in [5, 5.41) is 3.42. The van der Waals surface area contributed by atoms with E-state index < -0.39 is 0 Å². The van der Waals surface area contributed by atoms with Crippen molar-refractivity contribution in [3.63, 3.8) is 0 Å². The third-order valence-corrected chi connectivity index (χ3v) is 3.94. The Kier molecular flexibility index (Phi) is 4.04. The molecule has 4 nitrogen and oxygen atoms in total. The first-order chi connectivity index (χ1) is 9.36. The molecule has 1 aromatic rings. The van der Waals surface area contributed by atoms with Crippen LogP contribution >= 0.6 is 0 Å². The summed E-state index contributed by atoms with van der Waals surface area (Å²) in [5.41, 5.74) is 0.763. The number of carbonyl (C=O) groups is 1. The Bertz CT molecular complexity index is 499. The number of nitrogens with zero attached hydrogens (tertiary/aromatic N) is 1. The van der Waals surface area contributed by atoms with Gasteiger partial charge in [0, 0.05) is 19.2 Å². The van der Waals surface area contributed by atoms with Crippen LogP contribution in [0.4, 0.5) is 0 Å². The van der Waals surface area contributed by atoms with Crippen LogP contribution in [0.15, 0.2) is 24.3 Å². The smallest absolute Gasteiger partial charge is 0.239 e. The minimum atomic E-state index is -0.358. The summed E-state index contributed by atoms with van der Waals surface area (Å²) in [4.78, 5) is 13.9. The molecule has 2 unspecified atom stereocenters. The fraction of sp³-hybridized carbons (Fsp3) is 0.562. The van der Waals surface area contributed by atoms with Gasteiger partial charge >= 0.3 is 0 Å². The van der Waals surface area contributed by atoms with Crippen molar-refractivity contribution in [2.24, 2.45) is 0 Å². The van der Waals surface area contributed by atoms with Crippen molar-refractivity contribution in [1.82, 2.24) is 10.2 Å². The van der Waals surface area contributed by atoms with Crippen LogP contribution in [0.5, 0.6) is 5.75 Å². The summed E-state index contributed by atoms with van der Waals surface area (Å²) < 4.78 is 5.99. The number of ether oxygens (including phenoxy) is 1. The third kappa shape index (κ3) is 2.66. The molecule has 0 saturated carbocycles. The molecule has 0 bridgehead atoms. The highest BCUT2D eigenvalue weighted by Gasteiger charge is 2.42. The number of amides is 1. The van der Waals surface area contributed by atoms with Gasteiger partial charge in [-0.25, -0.2) is 0 Å². The van der Waals surface area contributed by atoms with Gasteiger partial charge in [0.1, 0.15) is 11.4 Å². The molecule has 1 heterocycles. The van der Waals surface area contributed by atoms with Gasteiger partial charge in [-0.15, -0.1) is 0 Å². The highest BCUT2D eigenvalue weighted by molar-refractivity contribution is 5.81. The topological polar surface area (TPSA) is 41.6 Å². The standard InChI is InChI=1S/C16H24N2O2/c1-6-18(5)15(19)11(2)17-14-12-9-7-8-10-13(12)20-16(14,3)4/h7-11,14,17H,6H2,1-5H3. The highest BCUT2D eigenvalue weighted by Crippen LogP contribution is 2.42. The Morgan fingerprint density at radius 2 is 2.10 bits per heavy atom. The largest absolute Gasteiger partial charge is 0.486 e. The first kappa shape index (κ1) is 14.9. The van der Waals surface area contributed by atoms with E-state index in [4.69, 9.17) is 4.74 Å². The van der Waals surface area contributed by atoms with Gasteiger partial charge in [-0.3, -0.25) is 10.1 Å². The lowest BCUT2D eigenvalue weighted by atomic mass is 9.93. The van der Waals surface area contributed by atoms with E-state index in [1.165, 1.54) is 0 Å². The lowest BCUT2D eigenvalue weighted by Gasteiger charge is -2.30. The van der Waals surface area contributed by atoms with Gasteiger partial charge < -0.3 is 9.64 Å². The maximum absolute atomic E-state index is 12.2. The number of hydrogen-bond donors (Lipinski definition) is 1. The summed E-state index contributed by atoms with van der Waals surface area (Å²) in [5.74, 6) is 1.01. The molecule has 110 valence electrons. The first-order valence-corrected chi connectivity index (χ1v) is 7.15. The molecule has 0 fully saturated rings. The number of benzene rings is 1. The number of likely N-dealkylation sites (N-methyl/N-ethyl adjacent to an activating group) is 1. The fourth-order valence-corrected chi connectivity index (χ4v) is 2.63. The Morgan fingerprint density at radius 1 is 1.45 bits per heavy atom. The highest BCUT2D eigenvalue weighted by atomic mass is 16.5. The predicted molar refractivity (Wildman–Crippen MR) is 79.8 cm³/mol. The van der Waals surface area contributed by atoms with Crippen LogP contribution in [0.2, 0.25) is 0 Å². The molecule has 1 aromatic carbocycles. The van der Waals surface area contributed by atoms with Gasteiger partial charge in [0.2, 0.25) is 5.91 Å². The molecule has 0 aromatic heterocycles. The number of hydrogen-bond acceptors (Lipinski definition) is 3. The molecule has 0 aliphatic carbocycles. The molecule has 2 rings (SSSR count). The van der Waals surface area contributed by atoms with Crippen molar-refractivity contribution in [2.45, 2.75) is 45.4 Å². The van der Waals surface area contributed by atoms with Crippen molar-refractivity contribution in [2.75, 3.05) is 13.6 Å².